The Morgan fingerprint density at radius 3 is 2.69 bits per heavy atom. The van der Waals surface area contributed by atoms with Gasteiger partial charge in [-0.25, -0.2) is 0 Å². The molecular weight excluding hydrogens is 232 g/mol. The number of aryl methyl sites for hydroxylation is 1. The zero-order valence-electron chi connectivity index (χ0n) is 7.50. The summed E-state index contributed by atoms with van der Waals surface area (Å²) >= 11 is 3.24. The monoisotopic (exact) mass is 244 g/mol. The second-order valence-corrected chi connectivity index (χ2v) is 4.03. The third kappa shape index (κ3) is 3.36. The summed E-state index contributed by atoms with van der Waals surface area (Å²) < 4.78 is 0.704. The van der Waals surface area contributed by atoms with Crippen molar-refractivity contribution < 1.29 is 10.2 Å². The van der Waals surface area contributed by atoms with E-state index in [0.29, 0.717) is 4.47 Å². The topological polar surface area (TPSA) is 40.5 Å². The van der Waals surface area contributed by atoms with E-state index in [1.165, 1.54) is 0 Å². The van der Waals surface area contributed by atoms with Crippen LogP contribution in [0, 0.1) is 0 Å². The van der Waals surface area contributed by atoms with Gasteiger partial charge in [0.2, 0.25) is 0 Å². The number of aromatic hydroxyl groups is 1. The first-order valence-corrected chi connectivity index (χ1v) is 5.04. The average molecular weight is 245 g/mol. The Hall–Kier alpha value is -0.540. The first-order valence-electron chi connectivity index (χ1n) is 4.25. The molecule has 2 nitrogen and oxygen atoms in total. The summed E-state index contributed by atoms with van der Waals surface area (Å²) in [4.78, 5) is 0. The highest BCUT2D eigenvalue weighted by Gasteiger charge is 2.01. The van der Waals surface area contributed by atoms with Crippen LogP contribution in [0.1, 0.15) is 18.9 Å². The maximum Gasteiger partial charge on any atom is 0.129 e. The number of halogens is 1. The van der Waals surface area contributed by atoms with E-state index in [1.54, 1.807) is 13.0 Å². The summed E-state index contributed by atoms with van der Waals surface area (Å²) in [6.45, 7) is 1.77. The van der Waals surface area contributed by atoms with Crippen LogP contribution >= 0.6 is 15.9 Å². The molecule has 0 aliphatic rings. The number of hydrogen-bond donors (Lipinski definition) is 2. The van der Waals surface area contributed by atoms with Crippen molar-refractivity contribution in [2.45, 2.75) is 25.9 Å². The Morgan fingerprint density at radius 2 is 2.15 bits per heavy atom. The van der Waals surface area contributed by atoms with E-state index in [0.717, 1.165) is 18.4 Å². The molecule has 0 bridgehead atoms. The molecule has 1 aromatic carbocycles. The molecule has 0 aromatic heterocycles. The van der Waals surface area contributed by atoms with Gasteiger partial charge in [-0.05, 0) is 53.4 Å². The van der Waals surface area contributed by atoms with E-state index >= 15 is 0 Å². The minimum atomic E-state index is -0.271. The van der Waals surface area contributed by atoms with Gasteiger partial charge in [0, 0.05) is 0 Å². The predicted octanol–water partition coefficient (Wildman–Crippen LogP) is 2.47. The van der Waals surface area contributed by atoms with Gasteiger partial charge in [0.15, 0.2) is 0 Å². The fourth-order valence-corrected chi connectivity index (χ4v) is 1.51. The molecule has 3 heteroatoms. The smallest absolute Gasteiger partial charge is 0.129 e. The molecule has 2 N–H and O–H groups in total. The van der Waals surface area contributed by atoms with Crippen LogP contribution in [0.5, 0.6) is 5.75 Å². The zero-order chi connectivity index (χ0) is 9.84. The molecule has 0 aliphatic heterocycles. The second kappa shape index (κ2) is 4.63. The molecular formula is C10H13BrO2. The maximum absolute atomic E-state index is 9.22. The molecule has 1 aromatic rings. The molecule has 0 aliphatic carbocycles. The number of aliphatic hydroxyl groups excluding tert-OH is 1. The van der Waals surface area contributed by atoms with Crippen LogP contribution < -0.4 is 0 Å². The van der Waals surface area contributed by atoms with Gasteiger partial charge in [0.25, 0.3) is 0 Å². The lowest BCUT2D eigenvalue weighted by molar-refractivity contribution is 0.185. The van der Waals surface area contributed by atoms with Gasteiger partial charge in [-0.1, -0.05) is 6.07 Å². The normalized spacial score (nSPS) is 12.8. The number of phenols is 1. The van der Waals surface area contributed by atoms with Crippen LogP contribution in [0.4, 0.5) is 0 Å². The van der Waals surface area contributed by atoms with Crippen LogP contribution in [0.15, 0.2) is 22.7 Å². The van der Waals surface area contributed by atoms with Crippen molar-refractivity contribution in [3.63, 3.8) is 0 Å². The van der Waals surface area contributed by atoms with Crippen molar-refractivity contribution in [3.05, 3.63) is 28.2 Å². The Morgan fingerprint density at radius 1 is 1.46 bits per heavy atom. The molecule has 13 heavy (non-hydrogen) atoms. The van der Waals surface area contributed by atoms with Crippen molar-refractivity contribution in [3.8, 4) is 5.75 Å². The molecule has 1 atom stereocenters. The lowest BCUT2D eigenvalue weighted by Crippen LogP contribution is -2.01. The molecule has 1 rings (SSSR count). The zero-order valence-corrected chi connectivity index (χ0v) is 9.08. The van der Waals surface area contributed by atoms with Crippen LogP contribution in [0.2, 0.25) is 0 Å². The van der Waals surface area contributed by atoms with Gasteiger partial charge < -0.3 is 10.2 Å². The summed E-state index contributed by atoms with van der Waals surface area (Å²) in [5.41, 5.74) is 1.12. The van der Waals surface area contributed by atoms with Crippen LogP contribution in [0.3, 0.4) is 0 Å². The summed E-state index contributed by atoms with van der Waals surface area (Å²) in [5, 5.41) is 18.3. The molecule has 0 amide bonds. The van der Waals surface area contributed by atoms with Crippen LogP contribution in [-0.4, -0.2) is 16.3 Å². The highest BCUT2D eigenvalue weighted by Crippen LogP contribution is 2.24. The lowest BCUT2D eigenvalue weighted by atomic mass is 10.1. The van der Waals surface area contributed by atoms with E-state index in [9.17, 15) is 5.11 Å². The highest BCUT2D eigenvalue weighted by atomic mass is 79.9. The predicted molar refractivity (Wildman–Crippen MR) is 55.8 cm³/mol. The van der Waals surface area contributed by atoms with Gasteiger partial charge in [-0.2, -0.15) is 0 Å². The van der Waals surface area contributed by atoms with Crippen LogP contribution in [-0.2, 0) is 6.42 Å². The molecule has 72 valence electrons. The van der Waals surface area contributed by atoms with Crippen molar-refractivity contribution in [2.24, 2.45) is 0 Å². The minimum Gasteiger partial charge on any atom is -0.507 e. The number of rotatable bonds is 3. The Balaban J connectivity index is 2.63. The molecule has 0 spiro atoms. The van der Waals surface area contributed by atoms with Gasteiger partial charge in [-0.3, -0.25) is 0 Å². The quantitative estimate of drug-likeness (QED) is 0.858. The molecule has 0 radical (unpaired) electrons. The number of hydrogen-bond acceptors (Lipinski definition) is 2. The standard InChI is InChI=1S/C10H13BrO2/c1-7(12)2-3-8-4-5-10(13)9(11)6-8/h4-7,12-13H,2-3H2,1H3/t7-/m1/s1. The van der Waals surface area contributed by atoms with Crippen molar-refractivity contribution in [2.75, 3.05) is 0 Å². The van der Waals surface area contributed by atoms with Gasteiger partial charge >= 0.3 is 0 Å². The van der Waals surface area contributed by atoms with Gasteiger partial charge in [-0.15, -0.1) is 0 Å². The molecule has 0 saturated carbocycles. The SMILES string of the molecule is C[C@@H](O)CCc1ccc(O)c(Br)c1. The number of aliphatic hydroxyl groups is 1. The van der Waals surface area contributed by atoms with E-state index in [4.69, 9.17) is 5.11 Å². The first kappa shape index (κ1) is 10.5. The van der Waals surface area contributed by atoms with Crippen LogP contribution in [0.25, 0.3) is 0 Å². The van der Waals surface area contributed by atoms with Crippen molar-refractivity contribution in [1.29, 1.82) is 0 Å². The molecule has 0 saturated heterocycles. The van der Waals surface area contributed by atoms with Crippen molar-refractivity contribution >= 4 is 15.9 Å². The van der Waals surface area contributed by atoms with E-state index in [1.807, 2.05) is 12.1 Å². The van der Waals surface area contributed by atoms with E-state index < -0.39 is 0 Å². The second-order valence-electron chi connectivity index (χ2n) is 3.17. The van der Waals surface area contributed by atoms with Crippen molar-refractivity contribution in [1.82, 2.24) is 0 Å². The maximum atomic E-state index is 9.22. The fraction of sp³-hybridized carbons (Fsp3) is 0.400. The summed E-state index contributed by atoms with van der Waals surface area (Å²) in [7, 11) is 0. The Bertz CT molecular complexity index is 284. The largest absolute Gasteiger partial charge is 0.507 e. The number of benzene rings is 1. The van der Waals surface area contributed by atoms with Gasteiger partial charge in [0.1, 0.15) is 5.75 Å². The molecule has 0 fully saturated rings. The summed E-state index contributed by atoms with van der Waals surface area (Å²) in [5.74, 6) is 0.251. The third-order valence-electron chi connectivity index (χ3n) is 1.86. The summed E-state index contributed by atoms with van der Waals surface area (Å²) in [6, 6.07) is 5.39. The van der Waals surface area contributed by atoms with E-state index in [-0.39, 0.29) is 11.9 Å². The molecule has 0 unspecified atom stereocenters. The third-order valence-corrected chi connectivity index (χ3v) is 2.50. The first-order chi connectivity index (χ1) is 6.09. The Kier molecular flexibility index (Phi) is 3.75. The van der Waals surface area contributed by atoms with E-state index in [2.05, 4.69) is 15.9 Å². The highest BCUT2D eigenvalue weighted by molar-refractivity contribution is 9.10. The lowest BCUT2D eigenvalue weighted by Gasteiger charge is -2.05. The minimum absolute atomic E-state index is 0.251. The molecule has 0 heterocycles. The number of phenolic OH excluding ortho intramolecular Hbond substituents is 1. The average Bonchev–Trinajstić information content (AvgIpc) is 2.07. The Labute approximate surface area is 86.3 Å². The summed E-state index contributed by atoms with van der Waals surface area (Å²) in [6.07, 6.45) is 1.31. The fourth-order valence-electron chi connectivity index (χ4n) is 1.08. The van der Waals surface area contributed by atoms with Gasteiger partial charge in [0.05, 0.1) is 10.6 Å².